The van der Waals surface area contributed by atoms with Crippen LogP contribution in [-0.4, -0.2) is 33.3 Å². The molecule has 2 atom stereocenters. The summed E-state index contributed by atoms with van der Waals surface area (Å²) in [7, 11) is 1.64. The van der Waals surface area contributed by atoms with E-state index in [9.17, 15) is 4.39 Å². The van der Waals surface area contributed by atoms with Crippen LogP contribution in [0.1, 0.15) is 19.2 Å². The van der Waals surface area contributed by atoms with Crippen LogP contribution in [0.3, 0.4) is 0 Å². The van der Waals surface area contributed by atoms with Crippen LogP contribution >= 0.6 is 0 Å². The summed E-state index contributed by atoms with van der Waals surface area (Å²) in [6, 6.07) is 0. The molecule has 1 saturated heterocycles. The summed E-state index contributed by atoms with van der Waals surface area (Å²) < 4.78 is 14.5. The van der Waals surface area contributed by atoms with Gasteiger partial charge in [0.1, 0.15) is 0 Å². The quantitative estimate of drug-likeness (QED) is 0.692. The van der Waals surface area contributed by atoms with Gasteiger partial charge in [0.2, 0.25) is 5.82 Å². The van der Waals surface area contributed by atoms with Gasteiger partial charge in [-0.05, 0) is 11.8 Å². The van der Waals surface area contributed by atoms with Crippen molar-refractivity contribution in [1.82, 2.24) is 25.5 Å². The van der Waals surface area contributed by atoms with Crippen molar-refractivity contribution < 1.29 is 4.39 Å². The number of tetrazole rings is 1. The number of hydrogen-bond donors (Lipinski definition) is 1. The lowest BCUT2D eigenvalue weighted by atomic mass is 9.84. The third kappa shape index (κ3) is 1.39. The first-order valence-electron chi connectivity index (χ1n) is 4.77. The molecule has 2 rings (SSSR count). The van der Waals surface area contributed by atoms with Crippen LogP contribution in [0.4, 0.5) is 4.39 Å². The lowest BCUT2D eigenvalue weighted by Gasteiger charge is -2.33. The van der Waals surface area contributed by atoms with E-state index in [0.717, 1.165) is 0 Å². The summed E-state index contributed by atoms with van der Waals surface area (Å²) >= 11 is 0. The number of hydrogen-bond acceptors (Lipinski definition) is 4. The number of aromatic nitrogens is 4. The molecule has 0 aromatic carbocycles. The maximum Gasteiger partial charge on any atom is 0.212 e. The lowest BCUT2D eigenvalue weighted by Crippen LogP contribution is -2.44. The van der Waals surface area contributed by atoms with Gasteiger partial charge in [0.05, 0.1) is 7.05 Å². The molecule has 0 bridgehead atoms. The smallest absolute Gasteiger partial charge is 0.212 e. The zero-order valence-corrected chi connectivity index (χ0v) is 8.37. The molecule has 14 heavy (non-hydrogen) atoms. The highest BCUT2D eigenvalue weighted by Gasteiger charge is 2.43. The highest BCUT2D eigenvalue weighted by molar-refractivity contribution is 5.03. The minimum atomic E-state index is -1.42. The predicted octanol–water partition coefficient (Wildman–Crippen LogP) is 0.00430. The van der Waals surface area contributed by atoms with Crippen molar-refractivity contribution in [3.8, 4) is 0 Å². The molecule has 0 aliphatic carbocycles. The average Bonchev–Trinajstić information content (AvgIpc) is 2.58. The Morgan fingerprint density at radius 3 is 3.00 bits per heavy atom. The summed E-state index contributed by atoms with van der Waals surface area (Å²) in [5, 5.41) is 14.5. The van der Waals surface area contributed by atoms with E-state index < -0.39 is 5.67 Å². The van der Waals surface area contributed by atoms with Crippen LogP contribution in [-0.2, 0) is 12.7 Å². The van der Waals surface area contributed by atoms with Crippen molar-refractivity contribution in [2.24, 2.45) is 13.0 Å². The third-order valence-electron chi connectivity index (χ3n) is 2.78. The number of halogens is 1. The van der Waals surface area contributed by atoms with Gasteiger partial charge in [-0.25, -0.2) is 4.39 Å². The zero-order valence-electron chi connectivity index (χ0n) is 8.37. The molecule has 2 unspecified atom stereocenters. The van der Waals surface area contributed by atoms with Crippen molar-refractivity contribution in [3.63, 3.8) is 0 Å². The summed E-state index contributed by atoms with van der Waals surface area (Å²) in [6.45, 7) is 3.19. The molecule has 1 aliphatic rings. The topological polar surface area (TPSA) is 55.6 Å². The molecular weight excluding hydrogens is 185 g/mol. The normalized spacial score (nSPS) is 33.2. The molecule has 6 heteroatoms. The summed E-state index contributed by atoms with van der Waals surface area (Å²) in [4.78, 5) is 1.30. The van der Waals surface area contributed by atoms with E-state index >= 15 is 0 Å². The lowest BCUT2D eigenvalue weighted by molar-refractivity contribution is 0.0453. The number of nitrogens with one attached hydrogen (secondary N) is 1. The first kappa shape index (κ1) is 9.51. The van der Waals surface area contributed by atoms with Gasteiger partial charge in [-0.1, -0.05) is 6.92 Å². The maximum absolute atomic E-state index is 14.5. The van der Waals surface area contributed by atoms with E-state index in [1.165, 1.54) is 4.80 Å². The van der Waals surface area contributed by atoms with Crippen LogP contribution in [0.15, 0.2) is 0 Å². The van der Waals surface area contributed by atoms with Gasteiger partial charge in [-0.2, -0.15) is 4.80 Å². The minimum Gasteiger partial charge on any atom is -0.316 e. The molecule has 1 N–H and O–H groups in total. The fourth-order valence-corrected chi connectivity index (χ4v) is 1.78. The summed E-state index contributed by atoms with van der Waals surface area (Å²) in [5.41, 5.74) is -1.42. The number of alkyl halides is 1. The van der Waals surface area contributed by atoms with Crippen LogP contribution < -0.4 is 5.32 Å². The van der Waals surface area contributed by atoms with E-state index in [1.54, 1.807) is 7.05 Å². The molecule has 0 spiro atoms. The Morgan fingerprint density at radius 1 is 1.64 bits per heavy atom. The van der Waals surface area contributed by atoms with E-state index in [2.05, 4.69) is 20.7 Å². The highest BCUT2D eigenvalue weighted by atomic mass is 19.1. The Bertz CT molecular complexity index is 325. The Labute approximate surface area is 81.7 Å². The molecule has 0 radical (unpaired) electrons. The number of aryl methyl sites for hydroxylation is 1. The van der Waals surface area contributed by atoms with E-state index in [1.807, 2.05) is 6.92 Å². The standard InChI is InChI=1S/C8H14FN5/c1-6-5-10-4-3-8(6,9)7-11-13-14(2)12-7/h6,10H,3-5H2,1-2H3. The number of piperidine rings is 1. The van der Waals surface area contributed by atoms with Crippen LogP contribution in [0, 0.1) is 5.92 Å². The van der Waals surface area contributed by atoms with E-state index in [0.29, 0.717) is 19.5 Å². The first-order valence-corrected chi connectivity index (χ1v) is 4.77. The molecule has 1 aliphatic heterocycles. The SMILES string of the molecule is CC1CNCCC1(F)c1nnn(C)n1. The highest BCUT2D eigenvalue weighted by Crippen LogP contribution is 2.36. The van der Waals surface area contributed by atoms with Crippen molar-refractivity contribution in [3.05, 3.63) is 5.82 Å². The van der Waals surface area contributed by atoms with Gasteiger partial charge in [-0.3, -0.25) is 0 Å². The van der Waals surface area contributed by atoms with E-state index in [-0.39, 0.29) is 11.7 Å². The second-order valence-electron chi connectivity index (χ2n) is 3.82. The van der Waals surface area contributed by atoms with Crippen LogP contribution in [0.2, 0.25) is 0 Å². The Kier molecular flexibility index (Phi) is 2.22. The fourth-order valence-electron chi connectivity index (χ4n) is 1.78. The molecule has 1 fully saturated rings. The van der Waals surface area contributed by atoms with Crippen molar-refractivity contribution in [2.45, 2.75) is 19.0 Å². The van der Waals surface area contributed by atoms with Gasteiger partial charge < -0.3 is 5.32 Å². The molecule has 0 saturated carbocycles. The van der Waals surface area contributed by atoms with Gasteiger partial charge in [-0.15, -0.1) is 10.2 Å². The van der Waals surface area contributed by atoms with Gasteiger partial charge in [0.25, 0.3) is 0 Å². The Morgan fingerprint density at radius 2 is 2.43 bits per heavy atom. The van der Waals surface area contributed by atoms with Crippen LogP contribution in [0.5, 0.6) is 0 Å². The summed E-state index contributed by atoms with van der Waals surface area (Å²) in [6.07, 6.45) is 0.417. The molecule has 1 aromatic heterocycles. The molecule has 78 valence electrons. The van der Waals surface area contributed by atoms with Crippen molar-refractivity contribution >= 4 is 0 Å². The predicted molar refractivity (Wildman–Crippen MR) is 48.2 cm³/mol. The third-order valence-corrected chi connectivity index (χ3v) is 2.78. The van der Waals surface area contributed by atoms with Gasteiger partial charge >= 0.3 is 0 Å². The molecule has 5 nitrogen and oxygen atoms in total. The zero-order chi connectivity index (χ0) is 10.2. The molecule has 1 aromatic rings. The summed E-state index contributed by atoms with van der Waals surface area (Å²) in [5.74, 6) is 0.106. The van der Waals surface area contributed by atoms with Crippen LogP contribution in [0.25, 0.3) is 0 Å². The second kappa shape index (κ2) is 3.27. The molecule has 2 heterocycles. The Hall–Kier alpha value is -1.04. The average molecular weight is 199 g/mol. The van der Waals surface area contributed by atoms with E-state index in [4.69, 9.17) is 0 Å². The second-order valence-corrected chi connectivity index (χ2v) is 3.82. The molecular formula is C8H14FN5. The monoisotopic (exact) mass is 199 g/mol. The van der Waals surface area contributed by atoms with Gasteiger partial charge in [0.15, 0.2) is 5.67 Å². The minimum absolute atomic E-state index is 0.111. The number of rotatable bonds is 1. The maximum atomic E-state index is 14.5. The Balaban J connectivity index is 2.29. The number of nitrogens with zero attached hydrogens (tertiary/aromatic N) is 4. The molecule has 0 amide bonds. The largest absolute Gasteiger partial charge is 0.316 e. The first-order chi connectivity index (χ1) is 6.63. The van der Waals surface area contributed by atoms with Gasteiger partial charge in [0, 0.05) is 18.9 Å². The van der Waals surface area contributed by atoms with Crippen molar-refractivity contribution in [2.75, 3.05) is 13.1 Å². The fraction of sp³-hybridized carbons (Fsp3) is 0.875. The van der Waals surface area contributed by atoms with Crippen molar-refractivity contribution in [1.29, 1.82) is 0 Å².